The highest BCUT2D eigenvalue weighted by molar-refractivity contribution is 5.95. The van der Waals surface area contributed by atoms with Gasteiger partial charge in [0.1, 0.15) is 11.5 Å². The summed E-state index contributed by atoms with van der Waals surface area (Å²) in [5.41, 5.74) is 6.51. The molecule has 60 valence electrons. The molecule has 0 amide bonds. The zero-order chi connectivity index (χ0) is 8.27. The molecule has 0 unspecified atom stereocenters. The Hall–Kier alpha value is -1.32. The van der Waals surface area contributed by atoms with Crippen LogP contribution in [0.5, 0.6) is 0 Å². The summed E-state index contributed by atoms with van der Waals surface area (Å²) in [5, 5.41) is 0. The first-order chi connectivity index (χ1) is 5.25. The van der Waals surface area contributed by atoms with Crippen LogP contribution in [0.3, 0.4) is 0 Å². The molecule has 4 heteroatoms. The van der Waals surface area contributed by atoms with Crippen LogP contribution < -0.4 is 5.73 Å². The van der Waals surface area contributed by atoms with Crippen LogP contribution in [0.25, 0.3) is 0 Å². The molecule has 0 aliphatic rings. The van der Waals surface area contributed by atoms with E-state index in [0.717, 1.165) is 5.69 Å². The van der Waals surface area contributed by atoms with Gasteiger partial charge < -0.3 is 10.3 Å². The van der Waals surface area contributed by atoms with Gasteiger partial charge in [0.05, 0.1) is 12.5 Å². The predicted octanol–water partition coefficient (Wildman–Crippen LogP) is 0.145. The third kappa shape index (κ3) is 1.58. The van der Waals surface area contributed by atoms with E-state index in [-0.39, 0.29) is 0 Å². The van der Waals surface area contributed by atoms with Crippen molar-refractivity contribution in [1.82, 2.24) is 9.55 Å². The lowest BCUT2D eigenvalue weighted by Crippen LogP contribution is -2.17. The van der Waals surface area contributed by atoms with Gasteiger partial charge in [-0.1, -0.05) is 0 Å². The highest BCUT2D eigenvalue weighted by Crippen LogP contribution is 1.94. The van der Waals surface area contributed by atoms with E-state index >= 15 is 0 Å². The number of hydrogen-bond acceptors (Lipinski definition) is 2. The molecule has 0 fully saturated rings. The van der Waals surface area contributed by atoms with Crippen molar-refractivity contribution in [2.75, 3.05) is 6.54 Å². The Labute approximate surface area is 65.8 Å². The van der Waals surface area contributed by atoms with Gasteiger partial charge in [0.15, 0.2) is 0 Å². The van der Waals surface area contributed by atoms with Crippen LogP contribution in [0.4, 0.5) is 0 Å². The Morgan fingerprint density at radius 3 is 3.00 bits per heavy atom. The molecule has 0 aromatic carbocycles. The fourth-order valence-corrected chi connectivity index (χ4v) is 0.855. The molecule has 1 heterocycles. The molecule has 4 nitrogen and oxygen atoms in total. The Morgan fingerprint density at radius 1 is 1.82 bits per heavy atom. The molecule has 0 aliphatic heterocycles. The first kappa shape index (κ1) is 7.78. The van der Waals surface area contributed by atoms with Crippen molar-refractivity contribution in [1.29, 1.82) is 0 Å². The molecule has 1 rings (SSSR count). The summed E-state index contributed by atoms with van der Waals surface area (Å²) >= 11 is 0. The van der Waals surface area contributed by atoms with Gasteiger partial charge in [0.2, 0.25) is 0 Å². The van der Waals surface area contributed by atoms with Crippen molar-refractivity contribution in [2.24, 2.45) is 17.8 Å². The molecule has 1 aromatic heterocycles. The van der Waals surface area contributed by atoms with E-state index < -0.39 is 0 Å². The monoisotopic (exact) mass is 152 g/mol. The van der Waals surface area contributed by atoms with Crippen LogP contribution in [0.1, 0.15) is 12.6 Å². The normalized spacial score (nSPS) is 12.0. The van der Waals surface area contributed by atoms with Crippen LogP contribution in [-0.4, -0.2) is 21.9 Å². The minimum Gasteiger partial charge on any atom is -0.382 e. The maximum atomic E-state index is 5.64. The molecule has 0 saturated heterocycles. The van der Waals surface area contributed by atoms with Crippen molar-refractivity contribution >= 4 is 5.84 Å². The molecule has 0 radical (unpaired) electrons. The maximum Gasteiger partial charge on any atom is 0.144 e. The van der Waals surface area contributed by atoms with Crippen molar-refractivity contribution in [3.8, 4) is 0 Å². The van der Waals surface area contributed by atoms with Gasteiger partial charge in [-0.05, 0) is 6.92 Å². The number of hydrogen-bond donors (Lipinski definition) is 1. The first-order valence-corrected chi connectivity index (χ1v) is 3.52. The zero-order valence-corrected chi connectivity index (χ0v) is 6.78. The Bertz CT molecular complexity index is 261. The summed E-state index contributed by atoms with van der Waals surface area (Å²) in [4.78, 5) is 7.99. The van der Waals surface area contributed by atoms with Crippen molar-refractivity contribution in [3.05, 3.63) is 18.2 Å². The molecule has 11 heavy (non-hydrogen) atoms. The summed E-state index contributed by atoms with van der Waals surface area (Å²) < 4.78 is 1.84. The lowest BCUT2D eigenvalue weighted by molar-refractivity contribution is 0.897. The van der Waals surface area contributed by atoms with Crippen molar-refractivity contribution in [2.45, 2.75) is 6.92 Å². The highest BCUT2D eigenvalue weighted by atomic mass is 15.0. The van der Waals surface area contributed by atoms with Crippen molar-refractivity contribution < 1.29 is 0 Å². The first-order valence-electron chi connectivity index (χ1n) is 3.52. The van der Waals surface area contributed by atoms with E-state index in [1.54, 1.807) is 12.5 Å². The summed E-state index contributed by atoms with van der Waals surface area (Å²) in [7, 11) is 1.89. The Balaban J connectivity index is 2.92. The van der Waals surface area contributed by atoms with Gasteiger partial charge in [0.25, 0.3) is 0 Å². The third-order valence-electron chi connectivity index (χ3n) is 1.41. The molecule has 0 atom stereocenters. The van der Waals surface area contributed by atoms with E-state index in [0.29, 0.717) is 12.4 Å². The van der Waals surface area contributed by atoms with Crippen LogP contribution in [-0.2, 0) is 7.05 Å². The molecule has 0 spiro atoms. The standard InChI is InChI=1S/C7H12N4/c1-3-10-7(8)6-4-9-5-11(6)2/h4-5H,3H2,1-2H3,(H2,8,10). The molecular formula is C7H12N4. The number of amidine groups is 1. The average molecular weight is 152 g/mol. The minimum atomic E-state index is 0.549. The van der Waals surface area contributed by atoms with E-state index in [1.807, 2.05) is 18.5 Å². The summed E-state index contributed by atoms with van der Waals surface area (Å²) in [6.07, 6.45) is 3.40. The summed E-state index contributed by atoms with van der Waals surface area (Å²) in [5.74, 6) is 0.549. The quantitative estimate of drug-likeness (QED) is 0.484. The second-order valence-corrected chi connectivity index (χ2v) is 2.25. The van der Waals surface area contributed by atoms with Gasteiger partial charge in [-0.15, -0.1) is 0 Å². The summed E-state index contributed by atoms with van der Waals surface area (Å²) in [6, 6.07) is 0. The fourth-order valence-electron chi connectivity index (χ4n) is 0.855. The topological polar surface area (TPSA) is 56.2 Å². The van der Waals surface area contributed by atoms with Crippen molar-refractivity contribution in [3.63, 3.8) is 0 Å². The molecule has 1 aromatic rings. The van der Waals surface area contributed by atoms with Gasteiger partial charge in [-0.25, -0.2) is 4.98 Å². The molecule has 0 bridgehead atoms. The Kier molecular flexibility index (Phi) is 2.25. The smallest absolute Gasteiger partial charge is 0.144 e. The number of rotatable bonds is 2. The lowest BCUT2D eigenvalue weighted by atomic mass is 10.4. The van der Waals surface area contributed by atoms with Crippen LogP contribution in [0.15, 0.2) is 17.5 Å². The van der Waals surface area contributed by atoms with Gasteiger partial charge in [-0.3, -0.25) is 4.99 Å². The van der Waals surface area contributed by atoms with E-state index in [2.05, 4.69) is 9.98 Å². The van der Waals surface area contributed by atoms with Crippen LogP contribution >= 0.6 is 0 Å². The number of nitrogens with two attached hydrogens (primary N) is 1. The zero-order valence-electron chi connectivity index (χ0n) is 6.78. The predicted molar refractivity (Wildman–Crippen MR) is 44.5 cm³/mol. The lowest BCUT2D eigenvalue weighted by Gasteiger charge is -1.99. The van der Waals surface area contributed by atoms with E-state index in [1.165, 1.54) is 0 Å². The average Bonchev–Trinajstić information content (AvgIpc) is 2.36. The second kappa shape index (κ2) is 3.18. The van der Waals surface area contributed by atoms with Gasteiger partial charge in [-0.2, -0.15) is 0 Å². The molecule has 0 saturated carbocycles. The SMILES string of the molecule is CCN=C(N)c1cncn1C. The molecule has 2 N–H and O–H groups in total. The van der Waals surface area contributed by atoms with E-state index in [9.17, 15) is 0 Å². The van der Waals surface area contributed by atoms with Gasteiger partial charge >= 0.3 is 0 Å². The number of aromatic nitrogens is 2. The number of nitrogens with zero attached hydrogens (tertiary/aromatic N) is 3. The Morgan fingerprint density at radius 2 is 2.55 bits per heavy atom. The van der Waals surface area contributed by atoms with Crippen LogP contribution in [0.2, 0.25) is 0 Å². The number of imidazole rings is 1. The largest absolute Gasteiger partial charge is 0.382 e. The number of aryl methyl sites for hydroxylation is 1. The second-order valence-electron chi connectivity index (χ2n) is 2.25. The third-order valence-corrected chi connectivity index (χ3v) is 1.41. The highest BCUT2D eigenvalue weighted by Gasteiger charge is 2.00. The van der Waals surface area contributed by atoms with Gasteiger partial charge in [0, 0.05) is 13.6 Å². The summed E-state index contributed by atoms with van der Waals surface area (Å²) in [6.45, 7) is 2.65. The number of aliphatic imine (C=N–C) groups is 1. The fraction of sp³-hybridized carbons (Fsp3) is 0.429. The molecule has 0 aliphatic carbocycles. The van der Waals surface area contributed by atoms with E-state index in [4.69, 9.17) is 5.73 Å². The maximum absolute atomic E-state index is 5.64. The minimum absolute atomic E-state index is 0.549. The molecular weight excluding hydrogens is 140 g/mol. The van der Waals surface area contributed by atoms with Crippen LogP contribution in [0, 0.1) is 0 Å².